The van der Waals surface area contributed by atoms with Crippen LogP contribution in [0.2, 0.25) is 0 Å². The SMILES string of the molecule is C=CC=NC=NCC(O)NC(CCOC(F)F)C(=O)N[C@@H](COC(F)F)C(C)(O)NC(C)CC1C=CC=CC1.CC1(C)CC1.CO. The molecule has 0 aromatic rings. The largest absolute Gasteiger partial charge is 0.400 e. The number of halogens is 4. The third-order valence-corrected chi connectivity index (χ3v) is 6.88. The summed E-state index contributed by atoms with van der Waals surface area (Å²) in [6.07, 6.45) is 14.4. The lowest BCUT2D eigenvalue weighted by molar-refractivity contribution is -0.157. The van der Waals surface area contributed by atoms with Crippen molar-refractivity contribution in [2.75, 3.05) is 26.9 Å². The zero-order valence-corrected chi connectivity index (χ0v) is 27.4. The van der Waals surface area contributed by atoms with Gasteiger partial charge in [0.2, 0.25) is 5.91 Å². The first kappa shape index (κ1) is 43.5. The summed E-state index contributed by atoms with van der Waals surface area (Å²) in [5, 5.41) is 36.2. The first-order valence-electron chi connectivity index (χ1n) is 15.1. The lowest BCUT2D eigenvalue weighted by Crippen LogP contribution is -2.65. The van der Waals surface area contributed by atoms with E-state index < -0.39 is 56.4 Å². The Bertz CT molecular complexity index is 960. The molecule has 0 saturated heterocycles. The van der Waals surface area contributed by atoms with E-state index in [9.17, 15) is 32.6 Å². The number of rotatable bonds is 20. The normalized spacial score (nSPS) is 20.7. The first-order chi connectivity index (χ1) is 21.6. The van der Waals surface area contributed by atoms with E-state index in [1.807, 2.05) is 24.3 Å². The molecule has 0 heterocycles. The molecule has 11 nitrogen and oxygen atoms in total. The highest BCUT2D eigenvalue weighted by atomic mass is 19.3. The molecule has 0 aromatic heterocycles. The van der Waals surface area contributed by atoms with Crippen molar-refractivity contribution in [3.63, 3.8) is 0 Å². The van der Waals surface area contributed by atoms with E-state index in [1.54, 1.807) is 6.92 Å². The number of aliphatic hydroxyl groups is 3. The fourth-order valence-corrected chi connectivity index (χ4v) is 4.10. The van der Waals surface area contributed by atoms with Gasteiger partial charge in [0.15, 0.2) is 0 Å². The third kappa shape index (κ3) is 22.1. The molecule has 46 heavy (non-hydrogen) atoms. The van der Waals surface area contributed by atoms with Gasteiger partial charge in [0.25, 0.3) is 0 Å². The number of nitrogens with one attached hydrogen (secondary N) is 3. The molecule has 15 heteroatoms. The molecule has 1 amide bonds. The number of aliphatic hydroxyl groups excluding tert-OH is 2. The summed E-state index contributed by atoms with van der Waals surface area (Å²) in [6.45, 7) is 3.31. The number of carbonyl (C=O) groups excluding carboxylic acids is 1. The summed E-state index contributed by atoms with van der Waals surface area (Å²) in [4.78, 5) is 20.6. The van der Waals surface area contributed by atoms with Crippen molar-refractivity contribution in [2.45, 2.75) is 103 Å². The zero-order valence-electron chi connectivity index (χ0n) is 27.4. The Hall–Kier alpha value is -2.53. The molecule has 266 valence electrons. The Morgan fingerprint density at radius 3 is 2.33 bits per heavy atom. The van der Waals surface area contributed by atoms with Crippen LogP contribution in [0.1, 0.15) is 59.8 Å². The van der Waals surface area contributed by atoms with Crippen molar-refractivity contribution < 1.29 is 47.1 Å². The summed E-state index contributed by atoms with van der Waals surface area (Å²) < 4.78 is 59.3. The quantitative estimate of drug-likeness (QED) is 0.0499. The second-order valence-electron chi connectivity index (χ2n) is 11.7. The van der Waals surface area contributed by atoms with Crippen LogP contribution in [-0.2, 0) is 14.3 Å². The number of ether oxygens (including phenoxy) is 2. The number of carbonyl (C=O) groups is 1. The van der Waals surface area contributed by atoms with Gasteiger partial charge in [-0.25, -0.2) is 4.99 Å². The molecular formula is C31H53F4N5O6. The van der Waals surface area contributed by atoms with Crippen LogP contribution in [0.3, 0.4) is 0 Å². The molecule has 6 N–H and O–H groups in total. The van der Waals surface area contributed by atoms with Gasteiger partial charge in [-0.2, -0.15) is 17.6 Å². The molecule has 6 atom stereocenters. The van der Waals surface area contributed by atoms with Gasteiger partial charge >= 0.3 is 13.2 Å². The van der Waals surface area contributed by atoms with Crippen molar-refractivity contribution in [3.05, 3.63) is 37.0 Å². The molecule has 0 aliphatic heterocycles. The van der Waals surface area contributed by atoms with E-state index in [4.69, 9.17) is 5.11 Å². The summed E-state index contributed by atoms with van der Waals surface area (Å²) in [7, 11) is 1.00. The number of nitrogens with zero attached hydrogens (tertiary/aromatic N) is 2. The van der Waals surface area contributed by atoms with Crippen LogP contribution in [0.4, 0.5) is 17.6 Å². The van der Waals surface area contributed by atoms with Gasteiger partial charge in [0, 0.05) is 19.4 Å². The Labute approximate surface area is 269 Å². The minimum Gasteiger partial charge on any atom is -0.400 e. The highest BCUT2D eigenvalue weighted by Gasteiger charge is 2.37. The van der Waals surface area contributed by atoms with Crippen molar-refractivity contribution in [3.8, 4) is 0 Å². The first-order valence-corrected chi connectivity index (χ1v) is 15.1. The van der Waals surface area contributed by atoms with Crippen LogP contribution in [0.15, 0.2) is 46.9 Å². The molecule has 1 saturated carbocycles. The fourth-order valence-electron chi connectivity index (χ4n) is 4.10. The van der Waals surface area contributed by atoms with Gasteiger partial charge in [-0.3, -0.25) is 20.4 Å². The molecule has 0 aromatic carbocycles. The molecule has 5 unspecified atom stereocenters. The lowest BCUT2D eigenvalue weighted by Gasteiger charge is -2.38. The summed E-state index contributed by atoms with van der Waals surface area (Å²) in [5.41, 5.74) is -1.16. The molecule has 1 fully saturated rings. The molecule has 0 bridgehead atoms. The predicted octanol–water partition coefficient (Wildman–Crippen LogP) is 3.53. The summed E-state index contributed by atoms with van der Waals surface area (Å²) in [6, 6.07) is -2.98. The minimum atomic E-state index is -3.17. The van der Waals surface area contributed by atoms with Crippen LogP contribution in [0.5, 0.6) is 0 Å². The van der Waals surface area contributed by atoms with Crippen LogP contribution in [-0.4, -0.2) is 104 Å². The average molecular weight is 668 g/mol. The van der Waals surface area contributed by atoms with Gasteiger partial charge in [-0.15, -0.1) is 0 Å². The molecule has 2 aliphatic carbocycles. The molecule has 2 rings (SSSR count). The average Bonchev–Trinajstić information content (AvgIpc) is 3.69. The number of allylic oxidation sites excluding steroid dienone is 5. The second-order valence-corrected chi connectivity index (χ2v) is 11.7. The van der Waals surface area contributed by atoms with Gasteiger partial charge in [0.1, 0.15) is 18.3 Å². The molecule has 0 spiro atoms. The lowest BCUT2D eigenvalue weighted by atomic mass is 9.93. The number of amides is 1. The van der Waals surface area contributed by atoms with E-state index in [0.717, 1.165) is 25.3 Å². The van der Waals surface area contributed by atoms with Gasteiger partial charge in [-0.05, 0) is 57.3 Å². The van der Waals surface area contributed by atoms with Crippen molar-refractivity contribution in [2.24, 2.45) is 21.3 Å². The molecular weight excluding hydrogens is 614 g/mol. The zero-order chi connectivity index (χ0) is 35.2. The van der Waals surface area contributed by atoms with Crippen LogP contribution in [0.25, 0.3) is 0 Å². The van der Waals surface area contributed by atoms with Gasteiger partial charge < -0.3 is 30.1 Å². The van der Waals surface area contributed by atoms with Crippen molar-refractivity contribution in [1.29, 1.82) is 0 Å². The summed E-state index contributed by atoms with van der Waals surface area (Å²) in [5.74, 6) is -0.674. The minimum absolute atomic E-state index is 0.202. The van der Waals surface area contributed by atoms with E-state index in [0.29, 0.717) is 6.42 Å². The molecule has 0 radical (unpaired) electrons. The summed E-state index contributed by atoms with van der Waals surface area (Å²) >= 11 is 0. The van der Waals surface area contributed by atoms with Crippen LogP contribution in [0, 0.1) is 11.3 Å². The fraction of sp³-hybridized carbons (Fsp3) is 0.710. The second kappa shape index (κ2) is 23.7. The van der Waals surface area contributed by atoms with Gasteiger partial charge in [-0.1, -0.05) is 50.8 Å². The Balaban J connectivity index is 0.00000257. The van der Waals surface area contributed by atoms with Crippen molar-refractivity contribution in [1.82, 2.24) is 16.0 Å². The van der Waals surface area contributed by atoms with E-state index >= 15 is 0 Å². The topological polar surface area (TPSA) is 157 Å². The highest BCUT2D eigenvalue weighted by molar-refractivity contribution is 5.82. The number of aliphatic imine (C=N–C) groups is 2. The highest BCUT2D eigenvalue weighted by Crippen LogP contribution is 2.43. The Morgan fingerprint density at radius 1 is 1.17 bits per heavy atom. The molecule has 2 aliphatic rings. The monoisotopic (exact) mass is 667 g/mol. The maximum absolute atomic E-state index is 13.1. The van der Waals surface area contributed by atoms with E-state index in [1.165, 1.54) is 32.1 Å². The smallest absolute Gasteiger partial charge is 0.345 e. The Kier molecular flexibility index (Phi) is 22.4. The van der Waals surface area contributed by atoms with Crippen LogP contribution < -0.4 is 16.0 Å². The van der Waals surface area contributed by atoms with Crippen LogP contribution >= 0.6 is 0 Å². The number of hydrogen-bond acceptors (Lipinski definition) is 9. The van der Waals surface area contributed by atoms with Gasteiger partial charge in [0.05, 0.1) is 31.8 Å². The van der Waals surface area contributed by atoms with E-state index in [-0.39, 0.29) is 24.9 Å². The maximum Gasteiger partial charge on any atom is 0.345 e. The Morgan fingerprint density at radius 2 is 1.80 bits per heavy atom. The maximum atomic E-state index is 13.1. The standard InChI is InChI=1S/C25H39F4N5O5.C5H10.CH4O/c1-4-11-30-16-31-14-21(35)32-19(10-12-38-23(26)27)22(36)33-20(15-39-24(28)29)25(3,37)34-17(2)13-18-8-6-5-7-9-18;1-5(2)3-4-5;1-2/h4-8,11,16-21,23-24,32,34-35,37H,1,9-10,12-15H2,2-3H3,(H,33,36);3-4H2,1-2H3;2H,1H3/t17?,18?,19?,20-,21?,25?;;/m0../s1. The predicted molar refractivity (Wildman–Crippen MR) is 171 cm³/mol. The number of alkyl halides is 4. The van der Waals surface area contributed by atoms with Crippen molar-refractivity contribution >= 4 is 18.5 Å². The third-order valence-electron chi connectivity index (χ3n) is 6.88. The number of hydrogen-bond donors (Lipinski definition) is 6. The van der Waals surface area contributed by atoms with E-state index in [2.05, 4.69) is 55.8 Å².